The van der Waals surface area contributed by atoms with Gasteiger partial charge in [0.2, 0.25) is 0 Å². The van der Waals surface area contributed by atoms with E-state index in [2.05, 4.69) is 10.6 Å². The minimum absolute atomic E-state index is 0.146. The fraction of sp³-hybridized carbons (Fsp3) is 0.130. The third-order valence-electron chi connectivity index (χ3n) is 4.72. The van der Waals surface area contributed by atoms with Gasteiger partial charge in [0.1, 0.15) is 0 Å². The number of rotatable bonds is 4. The monoisotopic (exact) mass is 520 g/mol. The van der Waals surface area contributed by atoms with Gasteiger partial charge in [0, 0.05) is 11.3 Å². The lowest BCUT2D eigenvalue weighted by Gasteiger charge is -2.15. The minimum Gasteiger partial charge on any atom is -0.322 e. The van der Waals surface area contributed by atoms with Gasteiger partial charge in [0.15, 0.2) is 0 Å². The zero-order chi connectivity index (χ0) is 26.9. The summed E-state index contributed by atoms with van der Waals surface area (Å²) < 4.78 is 117. The maximum Gasteiger partial charge on any atom is 0.416 e. The summed E-state index contributed by atoms with van der Waals surface area (Å²) in [5, 5.41) is 4.27. The second kappa shape index (κ2) is 9.55. The molecule has 0 atom stereocenters. The van der Waals surface area contributed by atoms with E-state index in [9.17, 15) is 49.1 Å². The fourth-order valence-corrected chi connectivity index (χ4v) is 3.04. The summed E-state index contributed by atoms with van der Waals surface area (Å²) in [7, 11) is 0. The van der Waals surface area contributed by atoms with Crippen LogP contribution < -0.4 is 10.6 Å². The van der Waals surface area contributed by atoms with E-state index >= 15 is 0 Å². The zero-order valence-corrected chi connectivity index (χ0v) is 17.6. The van der Waals surface area contributed by atoms with Gasteiger partial charge in [-0.1, -0.05) is 18.2 Å². The van der Waals surface area contributed by atoms with Crippen molar-refractivity contribution in [2.45, 2.75) is 18.5 Å². The molecule has 0 aliphatic rings. The predicted octanol–water partition coefficient (Wildman–Crippen LogP) is 7.25. The number of nitrogens with one attached hydrogen (secondary N) is 2. The van der Waals surface area contributed by atoms with Gasteiger partial charge < -0.3 is 10.6 Å². The lowest BCUT2D eigenvalue weighted by Crippen LogP contribution is -2.20. The molecule has 0 saturated heterocycles. The molecule has 3 rings (SSSR count). The van der Waals surface area contributed by atoms with E-state index in [4.69, 9.17) is 0 Å². The van der Waals surface area contributed by atoms with E-state index in [0.717, 1.165) is 30.3 Å². The first-order valence-electron chi connectivity index (χ1n) is 9.74. The molecule has 0 aromatic heterocycles. The molecule has 0 spiro atoms. The van der Waals surface area contributed by atoms with Crippen LogP contribution in [0.1, 0.15) is 37.4 Å². The number of hydrogen-bond donors (Lipinski definition) is 2. The molecule has 0 unspecified atom stereocenters. The fourth-order valence-electron chi connectivity index (χ4n) is 3.04. The van der Waals surface area contributed by atoms with Gasteiger partial charge in [-0.3, -0.25) is 9.59 Å². The first-order chi connectivity index (χ1) is 16.6. The third kappa shape index (κ3) is 6.34. The average Bonchev–Trinajstić information content (AvgIpc) is 2.77. The van der Waals surface area contributed by atoms with Crippen molar-refractivity contribution in [3.63, 3.8) is 0 Å². The lowest BCUT2D eigenvalue weighted by atomic mass is 10.0. The molecule has 0 saturated carbocycles. The van der Waals surface area contributed by atoms with Crippen LogP contribution in [-0.2, 0) is 18.5 Å². The summed E-state index contributed by atoms with van der Waals surface area (Å²) in [6.07, 6.45) is -15.1. The molecule has 0 radical (unpaired) electrons. The average molecular weight is 520 g/mol. The van der Waals surface area contributed by atoms with Gasteiger partial charge in [0.25, 0.3) is 11.8 Å². The Kier molecular flexibility index (Phi) is 7.05. The molecular weight excluding hydrogens is 507 g/mol. The number of alkyl halides is 9. The van der Waals surface area contributed by atoms with Crippen molar-refractivity contribution in [3.8, 4) is 0 Å². The quantitative estimate of drug-likeness (QED) is 0.356. The van der Waals surface area contributed by atoms with Crippen molar-refractivity contribution in [1.82, 2.24) is 0 Å². The molecule has 2 amide bonds. The zero-order valence-electron chi connectivity index (χ0n) is 17.6. The summed E-state index contributed by atoms with van der Waals surface area (Å²) in [6, 6.07) is 8.83. The second-order valence-corrected chi connectivity index (χ2v) is 7.33. The molecular formula is C23H13F9N2O2. The first kappa shape index (κ1) is 26.6. The largest absolute Gasteiger partial charge is 0.416 e. The summed E-state index contributed by atoms with van der Waals surface area (Å²) >= 11 is 0. The smallest absolute Gasteiger partial charge is 0.322 e. The van der Waals surface area contributed by atoms with E-state index in [1.807, 2.05) is 0 Å². The van der Waals surface area contributed by atoms with Crippen molar-refractivity contribution < 1.29 is 49.1 Å². The second-order valence-electron chi connectivity index (χ2n) is 7.33. The summed E-state index contributed by atoms with van der Waals surface area (Å²) in [5.74, 6) is -2.38. The van der Waals surface area contributed by atoms with Gasteiger partial charge in [-0.05, 0) is 48.5 Å². The molecule has 0 bridgehead atoms. The van der Waals surface area contributed by atoms with Crippen LogP contribution >= 0.6 is 0 Å². The molecule has 0 aliphatic carbocycles. The molecule has 36 heavy (non-hydrogen) atoms. The van der Waals surface area contributed by atoms with Crippen LogP contribution in [0.3, 0.4) is 0 Å². The van der Waals surface area contributed by atoms with Crippen LogP contribution in [0.25, 0.3) is 0 Å². The summed E-state index contributed by atoms with van der Waals surface area (Å²) in [6.45, 7) is 0. The van der Waals surface area contributed by atoms with E-state index < -0.39 is 52.6 Å². The van der Waals surface area contributed by atoms with E-state index in [0.29, 0.717) is 6.07 Å². The van der Waals surface area contributed by atoms with Crippen LogP contribution in [-0.4, -0.2) is 11.8 Å². The SMILES string of the molecule is O=C(Nc1ccccc1C(=O)Nc1cccc(C(F)(F)F)c1)c1cc(C(F)(F)F)cc(C(F)(F)F)c1. The third-order valence-corrected chi connectivity index (χ3v) is 4.72. The van der Waals surface area contributed by atoms with Crippen molar-refractivity contribution in [2.75, 3.05) is 10.6 Å². The van der Waals surface area contributed by atoms with Crippen LogP contribution in [0.5, 0.6) is 0 Å². The Labute approximate surface area is 196 Å². The van der Waals surface area contributed by atoms with Crippen LogP contribution in [0.2, 0.25) is 0 Å². The molecule has 13 heteroatoms. The first-order valence-corrected chi connectivity index (χ1v) is 9.74. The Morgan fingerprint density at radius 3 is 1.67 bits per heavy atom. The molecule has 2 N–H and O–H groups in total. The number of carbonyl (C=O) groups is 2. The van der Waals surface area contributed by atoms with Crippen LogP contribution in [0.4, 0.5) is 50.9 Å². The molecule has 190 valence electrons. The van der Waals surface area contributed by atoms with Crippen LogP contribution in [0, 0.1) is 0 Å². The Bertz CT molecular complexity index is 1260. The van der Waals surface area contributed by atoms with E-state index in [-0.39, 0.29) is 35.1 Å². The molecule has 0 fully saturated rings. The Balaban J connectivity index is 1.91. The van der Waals surface area contributed by atoms with E-state index in [1.165, 1.54) is 12.1 Å². The van der Waals surface area contributed by atoms with Gasteiger partial charge in [-0.25, -0.2) is 0 Å². The molecule has 0 aliphatic heterocycles. The van der Waals surface area contributed by atoms with E-state index in [1.54, 1.807) is 0 Å². The number of carbonyl (C=O) groups excluding carboxylic acids is 2. The molecule has 3 aromatic rings. The number of para-hydroxylation sites is 1. The number of benzene rings is 3. The van der Waals surface area contributed by atoms with Gasteiger partial charge >= 0.3 is 18.5 Å². The Morgan fingerprint density at radius 2 is 1.11 bits per heavy atom. The van der Waals surface area contributed by atoms with Crippen molar-refractivity contribution >= 4 is 23.2 Å². The van der Waals surface area contributed by atoms with Crippen LogP contribution in [0.15, 0.2) is 66.7 Å². The normalized spacial score (nSPS) is 12.2. The minimum atomic E-state index is -5.18. The van der Waals surface area contributed by atoms with Gasteiger partial charge in [-0.2, -0.15) is 39.5 Å². The van der Waals surface area contributed by atoms with Gasteiger partial charge in [-0.15, -0.1) is 0 Å². The topological polar surface area (TPSA) is 58.2 Å². The summed E-state index contributed by atoms with van der Waals surface area (Å²) in [4.78, 5) is 25.2. The maximum atomic E-state index is 13.1. The molecule has 3 aromatic carbocycles. The highest BCUT2D eigenvalue weighted by Crippen LogP contribution is 2.36. The van der Waals surface area contributed by atoms with Crippen molar-refractivity contribution in [3.05, 3.63) is 94.5 Å². The lowest BCUT2D eigenvalue weighted by molar-refractivity contribution is -0.143. The molecule has 4 nitrogen and oxygen atoms in total. The standard InChI is InChI=1S/C23H13F9N2O2/c24-21(25,26)13-4-3-5-16(11-13)33-20(36)17-6-1-2-7-18(17)34-19(35)12-8-14(22(27,28)29)10-15(9-12)23(30,31)32/h1-11H,(H,33,36)(H,34,35). The number of anilines is 2. The van der Waals surface area contributed by atoms with Gasteiger partial charge in [0.05, 0.1) is 27.9 Å². The molecule has 0 heterocycles. The maximum absolute atomic E-state index is 13.1. The Morgan fingerprint density at radius 1 is 0.556 bits per heavy atom. The Hall–Kier alpha value is -4.03. The highest BCUT2D eigenvalue weighted by molar-refractivity contribution is 6.12. The highest BCUT2D eigenvalue weighted by Gasteiger charge is 2.37. The number of amides is 2. The van der Waals surface area contributed by atoms with Crippen molar-refractivity contribution in [2.24, 2.45) is 0 Å². The van der Waals surface area contributed by atoms with Crippen molar-refractivity contribution in [1.29, 1.82) is 0 Å². The number of halogens is 9. The highest BCUT2D eigenvalue weighted by atomic mass is 19.4. The predicted molar refractivity (Wildman–Crippen MR) is 110 cm³/mol. The number of hydrogen-bond acceptors (Lipinski definition) is 2. The summed E-state index contributed by atoms with van der Waals surface area (Å²) in [5.41, 5.74) is -6.32.